The van der Waals surface area contributed by atoms with Gasteiger partial charge in [0.15, 0.2) is 5.17 Å². The average molecular weight is 723 g/mol. The number of aryl methyl sites for hydroxylation is 2. The maximum atomic E-state index is 13.3. The third-order valence-corrected chi connectivity index (χ3v) is 8.56. The fourth-order valence-corrected chi connectivity index (χ4v) is 6.15. The van der Waals surface area contributed by atoms with Crippen molar-refractivity contribution < 1.29 is 37.0 Å². The molecule has 0 unspecified atom stereocenters. The van der Waals surface area contributed by atoms with Crippen molar-refractivity contribution in [2.24, 2.45) is 17.3 Å². The Labute approximate surface area is 297 Å². The fourth-order valence-electron chi connectivity index (χ4n) is 5.59. The van der Waals surface area contributed by atoms with Gasteiger partial charge in [-0.05, 0) is 85.0 Å². The summed E-state index contributed by atoms with van der Waals surface area (Å²) in [4.78, 5) is 26.5. The Bertz CT molecular complexity index is 1970. The molecule has 0 spiro atoms. The van der Waals surface area contributed by atoms with Crippen molar-refractivity contribution in [3.05, 3.63) is 94.0 Å². The van der Waals surface area contributed by atoms with E-state index in [1.54, 1.807) is 24.9 Å². The summed E-state index contributed by atoms with van der Waals surface area (Å²) in [7, 11) is 1.71. The number of halogens is 3. The molecule has 0 saturated carbocycles. The summed E-state index contributed by atoms with van der Waals surface area (Å²) in [6.07, 6.45) is -4.02. The SMILES string of the molecule is CCOC(=O)OCS/C(=N\N=C\c1ccc(-c2nn(C)c(N3Cc4cc(OC(F)(F)F)ccc4C3=O)c2C)cc1)Nc1cc(C)ccc1C(C)C. The first-order valence-electron chi connectivity index (χ1n) is 16.0. The largest absolute Gasteiger partial charge is 0.573 e. The molecule has 268 valence electrons. The molecule has 1 aromatic heterocycles. The monoisotopic (exact) mass is 722 g/mol. The second-order valence-corrected chi connectivity index (χ2v) is 12.8. The highest BCUT2D eigenvalue weighted by atomic mass is 32.2. The number of rotatable bonds is 10. The molecule has 2 heterocycles. The van der Waals surface area contributed by atoms with Crippen LogP contribution in [0.15, 0.2) is 70.9 Å². The van der Waals surface area contributed by atoms with E-state index in [2.05, 4.69) is 45.3 Å². The maximum absolute atomic E-state index is 13.3. The first-order chi connectivity index (χ1) is 24.2. The standard InChI is InChI=1S/C36H37F3N6O5S/c1-7-48-35(47)49-20-51-34(41-30-16-22(4)8-14-28(30)21(2)3)42-40-18-24-9-11-25(12-10-24)31-23(5)32(44(6)43-31)45-19-26-17-27(50-36(37,38)39)13-15-29(26)33(45)46/h8-18,21H,7,19-20H2,1-6H3,(H,41,42)/b40-18+. The Hall–Kier alpha value is -5.31. The van der Waals surface area contributed by atoms with Crippen LogP contribution in [0.25, 0.3) is 11.3 Å². The van der Waals surface area contributed by atoms with Crippen molar-refractivity contribution in [1.82, 2.24) is 9.78 Å². The van der Waals surface area contributed by atoms with Crippen LogP contribution in [-0.4, -0.2) is 52.1 Å². The summed E-state index contributed by atoms with van der Waals surface area (Å²) in [6, 6.07) is 17.3. The molecule has 0 atom stereocenters. The second kappa shape index (κ2) is 15.7. The van der Waals surface area contributed by atoms with E-state index >= 15 is 0 Å². The molecular formula is C36H37F3N6O5S. The highest BCUT2D eigenvalue weighted by Crippen LogP contribution is 2.37. The van der Waals surface area contributed by atoms with Gasteiger partial charge in [0.05, 0.1) is 25.1 Å². The third kappa shape index (κ3) is 9.08. The normalized spacial score (nSPS) is 13.3. The Balaban J connectivity index is 1.32. The molecule has 1 aliphatic rings. The first-order valence-corrected chi connectivity index (χ1v) is 17.0. The molecule has 1 aliphatic heterocycles. The Morgan fingerprint density at radius 1 is 1.08 bits per heavy atom. The van der Waals surface area contributed by atoms with Crippen LogP contribution in [0.4, 0.5) is 29.5 Å². The number of benzene rings is 3. The fraction of sp³-hybridized carbons (Fsp3) is 0.306. The van der Waals surface area contributed by atoms with Gasteiger partial charge in [0.1, 0.15) is 17.5 Å². The van der Waals surface area contributed by atoms with Crippen LogP contribution in [0.2, 0.25) is 0 Å². The molecule has 11 nitrogen and oxygen atoms in total. The van der Waals surface area contributed by atoms with Crippen LogP contribution in [-0.2, 0) is 23.1 Å². The van der Waals surface area contributed by atoms with Crippen LogP contribution in [0.5, 0.6) is 5.75 Å². The van der Waals surface area contributed by atoms with Gasteiger partial charge in [-0.25, -0.2) is 4.79 Å². The van der Waals surface area contributed by atoms with E-state index in [0.717, 1.165) is 51.3 Å². The minimum Gasteiger partial charge on any atom is -0.435 e. The number of thioether (sulfide) groups is 1. The van der Waals surface area contributed by atoms with Crippen LogP contribution in [0, 0.1) is 13.8 Å². The Morgan fingerprint density at radius 3 is 2.51 bits per heavy atom. The van der Waals surface area contributed by atoms with E-state index < -0.39 is 12.5 Å². The number of aromatic nitrogens is 2. The molecule has 51 heavy (non-hydrogen) atoms. The van der Waals surface area contributed by atoms with Crippen molar-refractivity contribution in [3.8, 4) is 17.0 Å². The lowest BCUT2D eigenvalue weighted by Crippen LogP contribution is -2.26. The summed E-state index contributed by atoms with van der Waals surface area (Å²) in [5.74, 6) is 0.0245. The number of nitrogens with one attached hydrogen (secondary N) is 1. The van der Waals surface area contributed by atoms with Gasteiger partial charge in [-0.2, -0.15) is 10.2 Å². The van der Waals surface area contributed by atoms with Crippen LogP contribution >= 0.6 is 11.8 Å². The minimum absolute atomic E-state index is 0.0360. The van der Waals surface area contributed by atoms with Gasteiger partial charge in [0.25, 0.3) is 5.91 Å². The van der Waals surface area contributed by atoms with Crippen LogP contribution in [0.1, 0.15) is 64.9 Å². The third-order valence-electron chi connectivity index (χ3n) is 7.86. The van der Waals surface area contributed by atoms with Gasteiger partial charge in [0.2, 0.25) is 0 Å². The van der Waals surface area contributed by atoms with E-state index in [1.807, 2.05) is 50.2 Å². The lowest BCUT2D eigenvalue weighted by Gasteiger charge is -2.17. The van der Waals surface area contributed by atoms with Gasteiger partial charge in [-0.1, -0.05) is 50.2 Å². The molecule has 0 saturated heterocycles. The highest BCUT2D eigenvalue weighted by Gasteiger charge is 2.35. The predicted octanol–water partition coefficient (Wildman–Crippen LogP) is 8.55. The van der Waals surface area contributed by atoms with Gasteiger partial charge >= 0.3 is 12.5 Å². The zero-order chi connectivity index (χ0) is 36.9. The molecule has 1 amide bonds. The topological polar surface area (TPSA) is 120 Å². The number of hydrogen-bond acceptors (Lipinski definition) is 9. The highest BCUT2D eigenvalue weighted by molar-refractivity contribution is 8.14. The van der Waals surface area contributed by atoms with E-state index in [9.17, 15) is 22.8 Å². The van der Waals surface area contributed by atoms with Gasteiger partial charge in [0, 0.05) is 29.4 Å². The zero-order valence-electron chi connectivity index (χ0n) is 28.9. The molecule has 0 fully saturated rings. The number of carbonyl (C=O) groups excluding carboxylic acids is 2. The molecule has 5 rings (SSSR count). The Kier molecular flexibility index (Phi) is 11.4. The molecule has 3 aromatic carbocycles. The van der Waals surface area contributed by atoms with Crippen molar-refractivity contribution in [2.75, 3.05) is 22.8 Å². The van der Waals surface area contributed by atoms with E-state index in [1.165, 1.54) is 17.0 Å². The average Bonchev–Trinajstić information content (AvgIpc) is 3.53. The van der Waals surface area contributed by atoms with Crippen LogP contribution in [0.3, 0.4) is 0 Å². The summed E-state index contributed by atoms with van der Waals surface area (Å²) in [6.45, 7) is 10.0. The van der Waals surface area contributed by atoms with Crippen molar-refractivity contribution in [1.29, 1.82) is 0 Å². The van der Waals surface area contributed by atoms with Gasteiger partial charge in [-0.3, -0.25) is 14.4 Å². The summed E-state index contributed by atoms with van der Waals surface area (Å²) in [5.41, 5.74) is 6.68. The van der Waals surface area contributed by atoms with Crippen LogP contribution < -0.4 is 15.0 Å². The molecule has 4 aromatic rings. The number of amides is 1. The lowest BCUT2D eigenvalue weighted by atomic mass is 9.99. The van der Waals surface area contributed by atoms with Gasteiger partial charge in [-0.15, -0.1) is 18.3 Å². The summed E-state index contributed by atoms with van der Waals surface area (Å²) < 4.78 is 53.9. The number of anilines is 2. The molecule has 1 N–H and O–H groups in total. The number of amidine groups is 1. The lowest BCUT2D eigenvalue weighted by molar-refractivity contribution is -0.274. The van der Waals surface area contributed by atoms with Gasteiger partial charge < -0.3 is 19.5 Å². The van der Waals surface area contributed by atoms with Crippen molar-refractivity contribution in [2.45, 2.75) is 53.4 Å². The number of hydrogen-bond donors (Lipinski definition) is 1. The van der Waals surface area contributed by atoms with Crippen molar-refractivity contribution >= 4 is 46.7 Å². The van der Waals surface area contributed by atoms with E-state index in [0.29, 0.717) is 27.8 Å². The van der Waals surface area contributed by atoms with Crippen molar-refractivity contribution in [3.63, 3.8) is 0 Å². The Morgan fingerprint density at radius 2 is 1.82 bits per heavy atom. The predicted molar refractivity (Wildman–Crippen MR) is 192 cm³/mol. The smallest absolute Gasteiger partial charge is 0.435 e. The maximum Gasteiger partial charge on any atom is 0.573 e. The molecular weight excluding hydrogens is 685 g/mol. The molecule has 0 aliphatic carbocycles. The second-order valence-electron chi connectivity index (χ2n) is 11.9. The number of nitrogens with zero attached hydrogens (tertiary/aromatic N) is 5. The molecule has 15 heteroatoms. The number of fused-ring (bicyclic) bond motifs is 1. The van der Waals surface area contributed by atoms with E-state index in [-0.39, 0.29) is 36.7 Å². The van der Waals surface area contributed by atoms with E-state index in [4.69, 9.17) is 9.47 Å². The number of carbonyl (C=O) groups is 2. The first kappa shape index (κ1) is 37.0. The zero-order valence-corrected chi connectivity index (χ0v) is 29.7. The quantitative estimate of drug-likeness (QED) is 0.0569. The summed E-state index contributed by atoms with van der Waals surface area (Å²) >= 11 is 1.16. The molecule has 0 bridgehead atoms. The number of ether oxygens (including phenoxy) is 3. The molecule has 0 radical (unpaired) electrons. The summed E-state index contributed by atoms with van der Waals surface area (Å²) in [5, 5.41) is 17.1. The number of alkyl halides is 3. The minimum atomic E-state index is -4.83.